The van der Waals surface area contributed by atoms with Gasteiger partial charge in [0.25, 0.3) is 0 Å². The van der Waals surface area contributed by atoms with Crippen molar-refractivity contribution in [2.75, 3.05) is 0 Å². The summed E-state index contributed by atoms with van der Waals surface area (Å²) < 4.78 is 0. The van der Waals surface area contributed by atoms with Crippen LogP contribution in [0.5, 0.6) is 0 Å². The summed E-state index contributed by atoms with van der Waals surface area (Å²) in [4.78, 5) is 0. The Morgan fingerprint density at radius 1 is 0.200 bits per heavy atom. The zero-order chi connectivity index (χ0) is 21.5. The molecule has 0 spiro atoms. The molecule has 0 aromatic heterocycles. The standard InChI is InChI=1S/C14H30.C11H24/c1-11(2,3)13(7,8)14(9,10)12(4,5)6;1-9(2,3)11(7,8)10(4,5)6/h1-10H3;1-8H3. The van der Waals surface area contributed by atoms with Crippen molar-refractivity contribution in [1.29, 1.82) is 0 Å². The van der Waals surface area contributed by atoms with E-state index in [-0.39, 0.29) is 0 Å². The lowest BCUT2D eigenvalue weighted by Gasteiger charge is -2.57. The van der Waals surface area contributed by atoms with Crippen molar-refractivity contribution in [1.82, 2.24) is 0 Å². The molecule has 0 aliphatic rings. The van der Waals surface area contributed by atoms with Crippen LogP contribution in [0.2, 0.25) is 0 Å². The van der Waals surface area contributed by atoms with Crippen LogP contribution in [0, 0.1) is 37.9 Å². The minimum Gasteiger partial charge on any atom is -0.0596 e. The minimum atomic E-state index is 0.318. The van der Waals surface area contributed by atoms with E-state index in [1.807, 2.05) is 0 Å². The van der Waals surface area contributed by atoms with Crippen molar-refractivity contribution in [3.8, 4) is 0 Å². The number of hydrogen-bond acceptors (Lipinski definition) is 0. The van der Waals surface area contributed by atoms with E-state index in [9.17, 15) is 0 Å². The molecule has 0 aliphatic heterocycles. The maximum atomic E-state index is 2.40. The van der Waals surface area contributed by atoms with E-state index in [0.717, 1.165) is 0 Å². The molecule has 0 heteroatoms. The molecular weight excluding hydrogens is 300 g/mol. The maximum absolute atomic E-state index is 2.40. The van der Waals surface area contributed by atoms with E-state index < -0.39 is 0 Å². The normalized spacial score (nSPS) is 15.6. The molecule has 0 bridgehead atoms. The SMILES string of the molecule is CC(C)(C)C(C)(C)C(C)(C)C.CC(C)(C)C(C)(C)C(C)(C)C(C)(C)C. The molecule has 0 fully saturated rings. The molecule has 0 rings (SSSR count). The van der Waals surface area contributed by atoms with E-state index in [4.69, 9.17) is 0 Å². The Hall–Kier alpha value is 0. The summed E-state index contributed by atoms with van der Waals surface area (Å²) in [6, 6.07) is 0. The third-order valence-corrected chi connectivity index (χ3v) is 9.06. The average molecular weight is 355 g/mol. The van der Waals surface area contributed by atoms with Crippen molar-refractivity contribution in [2.24, 2.45) is 37.9 Å². The fraction of sp³-hybridized carbons (Fsp3) is 1.00. The Morgan fingerprint density at radius 2 is 0.320 bits per heavy atom. The molecule has 0 radical (unpaired) electrons. The van der Waals surface area contributed by atoms with Crippen LogP contribution < -0.4 is 0 Å². The van der Waals surface area contributed by atoms with Crippen LogP contribution in [0.15, 0.2) is 0 Å². The molecule has 0 heterocycles. The van der Waals surface area contributed by atoms with Gasteiger partial charge >= 0.3 is 0 Å². The van der Waals surface area contributed by atoms with Gasteiger partial charge in [-0.2, -0.15) is 0 Å². The van der Waals surface area contributed by atoms with E-state index in [1.165, 1.54) is 0 Å². The second-order valence-corrected chi connectivity index (χ2v) is 13.9. The Kier molecular flexibility index (Phi) is 7.84. The lowest BCUT2D eigenvalue weighted by atomic mass is 9.48. The highest BCUT2D eigenvalue weighted by molar-refractivity contribution is 4.99. The van der Waals surface area contributed by atoms with Crippen LogP contribution in [0.1, 0.15) is 125 Å². The van der Waals surface area contributed by atoms with Crippen LogP contribution in [0.3, 0.4) is 0 Å². The molecule has 0 aliphatic carbocycles. The van der Waals surface area contributed by atoms with Crippen molar-refractivity contribution in [3.05, 3.63) is 0 Å². The van der Waals surface area contributed by atoms with Crippen LogP contribution in [0.25, 0.3) is 0 Å². The summed E-state index contributed by atoms with van der Waals surface area (Å²) in [6.07, 6.45) is 0. The zero-order valence-corrected chi connectivity index (χ0v) is 21.5. The van der Waals surface area contributed by atoms with Gasteiger partial charge in [0.1, 0.15) is 0 Å². The molecular formula is C25H54. The lowest BCUT2D eigenvalue weighted by Crippen LogP contribution is -2.49. The van der Waals surface area contributed by atoms with Gasteiger partial charge in [-0.3, -0.25) is 0 Å². The Balaban J connectivity index is 0. The molecule has 0 atom stereocenters. The van der Waals surface area contributed by atoms with Gasteiger partial charge in [-0.05, 0) is 37.9 Å². The first-order valence-electron chi connectivity index (χ1n) is 10.2. The summed E-state index contributed by atoms with van der Waals surface area (Å²) >= 11 is 0. The summed E-state index contributed by atoms with van der Waals surface area (Å²) in [5.41, 5.74) is 2.44. The highest BCUT2D eigenvalue weighted by atomic mass is 14.6. The molecule has 154 valence electrons. The predicted octanol–water partition coefficient (Wildman–Crippen LogP) is 9.24. The van der Waals surface area contributed by atoms with E-state index in [0.29, 0.717) is 37.9 Å². The van der Waals surface area contributed by atoms with Crippen molar-refractivity contribution >= 4 is 0 Å². The molecule has 25 heavy (non-hydrogen) atoms. The fourth-order valence-corrected chi connectivity index (χ4v) is 3.00. The topological polar surface area (TPSA) is 0 Å². The molecule has 0 nitrogen and oxygen atoms in total. The van der Waals surface area contributed by atoms with Crippen molar-refractivity contribution in [2.45, 2.75) is 125 Å². The highest BCUT2D eigenvalue weighted by Gasteiger charge is 2.50. The van der Waals surface area contributed by atoms with E-state index in [1.54, 1.807) is 0 Å². The summed E-state index contributed by atoms with van der Waals surface area (Å²) in [7, 11) is 0. The Morgan fingerprint density at radius 3 is 0.360 bits per heavy atom. The number of rotatable bonds is 1. The van der Waals surface area contributed by atoms with E-state index >= 15 is 0 Å². The van der Waals surface area contributed by atoms with Crippen molar-refractivity contribution < 1.29 is 0 Å². The van der Waals surface area contributed by atoms with Gasteiger partial charge in [-0.25, -0.2) is 0 Å². The fourth-order valence-electron chi connectivity index (χ4n) is 3.00. The summed E-state index contributed by atoms with van der Waals surface area (Å²) in [5.74, 6) is 0. The van der Waals surface area contributed by atoms with Crippen LogP contribution >= 0.6 is 0 Å². The summed E-state index contributed by atoms with van der Waals surface area (Å²) in [5, 5.41) is 0. The molecule has 0 unspecified atom stereocenters. The van der Waals surface area contributed by atoms with Gasteiger partial charge in [-0.1, -0.05) is 125 Å². The molecule has 0 saturated heterocycles. The van der Waals surface area contributed by atoms with E-state index in [2.05, 4.69) is 125 Å². The van der Waals surface area contributed by atoms with Gasteiger partial charge < -0.3 is 0 Å². The monoisotopic (exact) mass is 354 g/mol. The zero-order valence-electron chi connectivity index (χ0n) is 21.5. The largest absolute Gasteiger partial charge is 0.0596 e. The lowest BCUT2D eigenvalue weighted by molar-refractivity contribution is -0.0790. The molecule has 0 amide bonds. The summed E-state index contributed by atoms with van der Waals surface area (Å²) in [6.45, 7) is 42.3. The second kappa shape index (κ2) is 7.20. The number of hydrogen-bond donors (Lipinski definition) is 0. The smallest absolute Gasteiger partial charge is 0.0249 e. The quantitative estimate of drug-likeness (QED) is 0.440. The van der Waals surface area contributed by atoms with Gasteiger partial charge in [-0.15, -0.1) is 0 Å². The van der Waals surface area contributed by atoms with Gasteiger partial charge in [0, 0.05) is 0 Å². The first-order chi connectivity index (χ1) is 10.2. The molecule has 0 N–H and O–H groups in total. The van der Waals surface area contributed by atoms with Crippen LogP contribution in [-0.4, -0.2) is 0 Å². The van der Waals surface area contributed by atoms with Crippen LogP contribution in [-0.2, 0) is 0 Å². The third kappa shape index (κ3) is 5.74. The first-order valence-corrected chi connectivity index (χ1v) is 10.2. The Labute approximate surface area is 163 Å². The van der Waals surface area contributed by atoms with Crippen molar-refractivity contribution in [3.63, 3.8) is 0 Å². The van der Waals surface area contributed by atoms with Gasteiger partial charge in [0.05, 0.1) is 0 Å². The molecule has 0 aromatic rings. The second-order valence-electron chi connectivity index (χ2n) is 13.9. The highest BCUT2D eigenvalue weighted by Crippen LogP contribution is 2.58. The van der Waals surface area contributed by atoms with Gasteiger partial charge in [0.2, 0.25) is 0 Å². The third-order valence-electron chi connectivity index (χ3n) is 9.06. The minimum absolute atomic E-state index is 0.318. The Bertz CT molecular complexity index is 363. The maximum Gasteiger partial charge on any atom is -0.0249 e. The molecule has 0 saturated carbocycles. The molecule has 0 aromatic carbocycles. The van der Waals surface area contributed by atoms with Gasteiger partial charge in [0.15, 0.2) is 0 Å². The first kappa shape index (κ1) is 27.2. The predicted molar refractivity (Wildman–Crippen MR) is 119 cm³/mol. The average Bonchev–Trinajstić information content (AvgIpc) is 2.23. The van der Waals surface area contributed by atoms with Crippen LogP contribution in [0.4, 0.5) is 0 Å².